The number of allylic oxidation sites excluding steroid dienone is 9. The van der Waals surface area contributed by atoms with Crippen LogP contribution in [0.3, 0.4) is 0 Å². The van der Waals surface area contributed by atoms with Gasteiger partial charge in [-0.1, -0.05) is 152 Å². The standard InChI is InChI=1S/C40H69O9P/c1-4-36(3)30-26-22-18-14-12-13-17-21-25-29-33-40(43)49-38(35-48-50(44,45)46)34-47-39(42)32-28-24-20-16-11-9-7-6-8-10-15-19-23-27-31-37(41)5-2/h7-10,16,19-20,23,27,31,36-38,41H,4-6,11-15,17-18,21-22,24-26,28-30,32-35H2,1-3H3,(H2,44,45,46)/b9-7-,10-8-,20-16-,23-19-,31-27+/t36?,37-,38+/m0/s1. The molecule has 0 aromatic carbocycles. The van der Waals surface area contributed by atoms with E-state index in [1.165, 1.54) is 51.4 Å². The molecule has 0 rings (SSSR count). The molecular formula is C40H69O9P. The fourth-order valence-electron chi connectivity index (χ4n) is 4.86. The van der Waals surface area contributed by atoms with Crippen molar-refractivity contribution in [3.8, 4) is 0 Å². The van der Waals surface area contributed by atoms with Gasteiger partial charge in [0.15, 0.2) is 6.10 Å². The van der Waals surface area contributed by atoms with E-state index in [1.807, 2.05) is 37.3 Å². The zero-order valence-electron chi connectivity index (χ0n) is 31.3. The molecule has 0 spiro atoms. The zero-order chi connectivity index (χ0) is 37.1. The molecule has 0 bridgehead atoms. The Labute approximate surface area is 303 Å². The van der Waals surface area contributed by atoms with Crippen molar-refractivity contribution in [3.05, 3.63) is 60.8 Å². The number of ether oxygens (including phenoxy) is 2. The maximum atomic E-state index is 12.4. The van der Waals surface area contributed by atoms with Gasteiger partial charge in [-0.3, -0.25) is 14.1 Å². The van der Waals surface area contributed by atoms with Gasteiger partial charge in [0.25, 0.3) is 0 Å². The van der Waals surface area contributed by atoms with E-state index in [0.29, 0.717) is 25.7 Å². The summed E-state index contributed by atoms with van der Waals surface area (Å²) in [6, 6.07) is 0. The molecule has 0 aromatic heterocycles. The van der Waals surface area contributed by atoms with Crippen LogP contribution in [0.25, 0.3) is 0 Å². The second kappa shape index (κ2) is 33.8. The zero-order valence-corrected chi connectivity index (χ0v) is 32.2. The number of phosphoric acid groups is 1. The highest BCUT2D eigenvalue weighted by atomic mass is 31.2. The molecule has 1 unspecified atom stereocenters. The number of rotatable bonds is 33. The Morgan fingerprint density at radius 3 is 1.78 bits per heavy atom. The van der Waals surface area contributed by atoms with Gasteiger partial charge in [0.05, 0.1) is 12.7 Å². The van der Waals surface area contributed by atoms with Crippen molar-refractivity contribution in [1.29, 1.82) is 0 Å². The lowest BCUT2D eigenvalue weighted by Crippen LogP contribution is -2.29. The fraction of sp³-hybridized carbons (Fsp3) is 0.700. The predicted octanol–water partition coefficient (Wildman–Crippen LogP) is 10.2. The van der Waals surface area contributed by atoms with Gasteiger partial charge >= 0.3 is 19.8 Å². The second-order valence-electron chi connectivity index (χ2n) is 13.0. The normalized spacial score (nSPS) is 14.4. The lowest BCUT2D eigenvalue weighted by molar-refractivity contribution is -0.161. The first-order valence-corrected chi connectivity index (χ1v) is 20.6. The number of hydrogen-bond acceptors (Lipinski definition) is 7. The van der Waals surface area contributed by atoms with Crippen LogP contribution in [0.2, 0.25) is 0 Å². The van der Waals surface area contributed by atoms with Crippen LogP contribution in [0.4, 0.5) is 0 Å². The van der Waals surface area contributed by atoms with Crippen LogP contribution in [0, 0.1) is 5.92 Å². The molecule has 0 amide bonds. The first-order chi connectivity index (χ1) is 24.1. The van der Waals surface area contributed by atoms with Crippen molar-refractivity contribution in [1.82, 2.24) is 0 Å². The van der Waals surface area contributed by atoms with Crippen LogP contribution in [0.15, 0.2) is 60.8 Å². The highest BCUT2D eigenvalue weighted by Crippen LogP contribution is 2.36. The fourth-order valence-corrected chi connectivity index (χ4v) is 5.22. The number of carbonyl (C=O) groups excluding carboxylic acids is 2. The molecule has 0 aliphatic rings. The lowest BCUT2D eigenvalue weighted by Gasteiger charge is -2.18. The summed E-state index contributed by atoms with van der Waals surface area (Å²) in [5.41, 5.74) is 0. The van der Waals surface area contributed by atoms with Crippen LogP contribution in [-0.4, -0.2) is 52.3 Å². The number of unbranched alkanes of at least 4 members (excludes halogenated alkanes) is 10. The Morgan fingerprint density at radius 1 is 0.660 bits per heavy atom. The topological polar surface area (TPSA) is 140 Å². The van der Waals surface area contributed by atoms with Crippen LogP contribution in [0.1, 0.15) is 149 Å². The molecule has 9 nitrogen and oxygen atoms in total. The molecule has 50 heavy (non-hydrogen) atoms. The minimum atomic E-state index is -4.77. The highest BCUT2D eigenvalue weighted by molar-refractivity contribution is 7.46. The van der Waals surface area contributed by atoms with Gasteiger partial charge in [-0.15, -0.1) is 0 Å². The maximum Gasteiger partial charge on any atom is 0.469 e. The van der Waals surface area contributed by atoms with E-state index in [0.717, 1.165) is 44.4 Å². The Balaban J connectivity index is 4.10. The van der Waals surface area contributed by atoms with Crippen molar-refractivity contribution in [2.24, 2.45) is 5.92 Å². The summed E-state index contributed by atoms with van der Waals surface area (Å²) < 4.78 is 26.2. The molecule has 0 saturated heterocycles. The van der Waals surface area contributed by atoms with Crippen LogP contribution in [0.5, 0.6) is 0 Å². The molecule has 0 aliphatic carbocycles. The summed E-state index contributed by atoms with van der Waals surface area (Å²) in [4.78, 5) is 42.7. The van der Waals surface area contributed by atoms with Gasteiger partial charge in [-0.05, 0) is 50.9 Å². The van der Waals surface area contributed by atoms with E-state index >= 15 is 0 Å². The Bertz CT molecular complexity index is 1030. The summed E-state index contributed by atoms with van der Waals surface area (Å²) >= 11 is 0. The molecule has 3 N–H and O–H groups in total. The average molecular weight is 725 g/mol. The van der Waals surface area contributed by atoms with E-state index in [-0.39, 0.29) is 25.6 Å². The molecule has 0 heterocycles. The Morgan fingerprint density at radius 2 is 1.20 bits per heavy atom. The first-order valence-electron chi connectivity index (χ1n) is 19.1. The number of hydrogen-bond donors (Lipinski definition) is 3. The Hall–Kier alpha value is -2.29. The van der Waals surface area contributed by atoms with Gasteiger partial charge in [0.1, 0.15) is 6.61 Å². The molecule has 0 radical (unpaired) electrons. The minimum absolute atomic E-state index is 0.173. The second-order valence-corrected chi connectivity index (χ2v) is 14.2. The van der Waals surface area contributed by atoms with Gasteiger partial charge in [-0.2, -0.15) is 0 Å². The van der Waals surface area contributed by atoms with Gasteiger partial charge < -0.3 is 24.4 Å². The van der Waals surface area contributed by atoms with Gasteiger partial charge in [-0.25, -0.2) is 4.57 Å². The van der Waals surface area contributed by atoms with E-state index in [4.69, 9.17) is 19.3 Å². The van der Waals surface area contributed by atoms with Crippen molar-refractivity contribution in [2.45, 2.75) is 161 Å². The third-order valence-corrected chi connectivity index (χ3v) is 8.73. The smallest absolute Gasteiger partial charge is 0.462 e. The predicted molar refractivity (Wildman–Crippen MR) is 203 cm³/mol. The van der Waals surface area contributed by atoms with Crippen molar-refractivity contribution in [2.75, 3.05) is 13.2 Å². The van der Waals surface area contributed by atoms with Crippen LogP contribution < -0.4 is 0 Å². The molecule has 0 fully saturated rings. The van der Waals surface area contributed by atoms with Crippen molar-refractivity contribution >= 4 is 19.8 Å². The highest BCUT2D eigenvalue weighted by Gasteiger charge is 2.22. The van der Waals surface area contributed by atoms with E-state index < -0.39 is 32.5 Å². The summed E-state index contributed by atoms with van der Waals surface area (Å²) in [5.74, 6) is -0.136. The molecule has 288 valence electrons. The summed E-state index contributed by atoms with van der Waals surface area (Å²) in [6.45, 7) is 5.63. The van der Waals surface area contributed by atoms with Crippen molar-refractivity contribution in [3.63, 3.8) is 0 Å². The van der Waals surface area contributed by atoms with Crippen molar-refractivity contribution < 1.29 is 43.0 Å². The Kier molecular flexibility index (Phi) is 32.3. The number of esters is 2. The molecule has 0 saturated carbocycles. The summed E-state index contributed by atoms with van der Waals surface area (Å²) in [5, 5.41) is 9.44. The summed E-state index contributed by atoms with van der Waals surface area (Å²) in [7, 11) is -4.77. The number of phosphoric ester groups is 1. The SMILES string of the molecule is CCC(C)CCCCCCCCCCCCC(=O)O[C@H](COC(=O)CCC/C=C\C/C=C\C/C=C\C/C=C\C=C\[C@@H](O)CC)COP(=O)(O)O. The van der Waals surface area contributed by atoms with E-state index in [2.05, 4.69) is 42.7 Å². The molecular weight excluding hydrogens is 655 g/mol. The van der Waals surface area contributed by atoms with Gasteiger partial charge in [0, 0.05) is 12.8 Å². The number of carbonyl (C=O) groups is 2. The average Bonchev–Trinajstić information content (AvgIpc) is 3.08. The molecule has 10 heteroatoms. The van der Waals surface area contributed by atoms with Gasteiger partial charge in [0.2, 0.25) is 0 Å². The third kappa shape index (κ3) is 35.5. The monoisotopic (exact) mass is 724 g/mol. The molecule has 0 aromatic rings. The largest absolute Gasteiger partial charge is 0.469 e. The van der Waals surface area contributed by atoms with E-state index in [1.54, 1.807) is 6.08 Å². The third-order valence-electron chi connectivity index (χ3n) is 8.25. The molecule has 3 atom stereocenters. The quantitative estimate of drug-likeness (QED) is 0.0198. The van der Waals surface area contributed by atoms with Crippen LogP contribution >= 0.6 is 7.82 Å². The minimum Gasteiger partial charge on any atom is -0.462 e. The number of aliphatic hydroxyl groups is 1. The lowest BCUT2D eigenvalue weighted by atomic mass is 9.99. The first kappa shape index (κ1) is 47.7. The summed E-state index contributed by atoms with van der Waals surface area (Å²) in [6.07, 6.45) is 37.5. The molecule has 0 aliphatic heterocycles. The maximum absolute atomic E-state index is 12.4. The number of aliphatic hydroxyl groups excluding tert-OH is 1. The van der Waals surface area contributed by atoms with E-state index in [9.17, 15) is 19.3 Å². The van der Waals surface area contributed by atoms with Crippen LogP contribution in [-0.2, 0) is 28.2 Å².